The van der Waals surface area contributed by atoms with Gasteiger partial charge in [0, 0.05) is 24.1 Å². The molecule has 3 nitrogen and oxygen atoms in total. The molecule has 0 aromatic heterocycles. The number of aliphatic hydroxyl groups is 1. The molecule has 4 aliphatic carbocycles. The molecule has 3 heteroatoms. The summed E-state index contributed by atoms with van der Waals surface area (Å²) in [6.45, 7) is 5.16. The molecule has 0 spiro atoms. The summed E-state index contributed by atoms with van der Waals surface area (Å²) in [5.41, 5.74) is 3.70. The fourth-order valence-corrected chi connectivity index (χ4v) is 9.17. The minimum atomic E-state index is -0.0455. The smallest absolute Gasteiger partial charge is 0.0797 e. The van der Waals surface area contributed by atoms with Crippen LogP contribution in [0.5, 0.6) is 0 Å². The molecule has 1 aliphatic heterocycles. The Morgan fingerprint density at radius 2 is 1.77 bits per heavy atom. The third kappa shape index (κ3) is 2.51. The molecular formula is C27H38N2O. The second kappa shape index (κ2) is 6.58. The van der Waals surface area contributed by atoms with Gasteiger partial charge in [0.25, 0.3) is 0 Å². The van der Waals surface area contributed by atoms with Crippen LogP contribution in [0, 0.1) is 40.4 Å². The molecule has 9 atom stereocenters. The fourth-order valence-electron chi connectivity index (χ4n) is 9.17. The lowest BCUT2D eigenvalue weighted by molar-refractivity contribution is -0.115. The Hall–Kier alpha value is -1.35. The van der Waals surface area contributed by atoms with Crippen LogP contribution in [0.15, 0.2) is 35.4 Å². The van der Waals surface area contributed by atoms with Gasteiger partial charge in [-0.2, -0.15) is 5.10 Å². The highest BCUT2D eigenvalue weighted by atomic mass is 16.3. The highest BCUT2D eigenvalue weighted by Gasteiger charge is 2.63. The number of hydrogen-bond donors (Lipinski definition) is 1. The molecule has 30 heavy (non-hydrogen) atoms. The molecule has 0 bridgehead atoms. The van der Waals surface area contributed by atoms with Crippen LogP contribution >= 0.6 is 0 Å². The average molecular weight is 407 g/mol. The van der Waals surface area contributed by atoms with Gasteiger partial charge in [-0.05, 0) is 86.0 Å². The zero-order valence-corrected chi connectivity index (χ0v) is 18.9. The maximum atomic E-state index is 10.3. The minimum Gasteiger partial charge on any atom is -0.393 e. The first-order chi connectivity index (χ1) is 14.4. The lowest BCUT2D eigenvalue weighted by atomic mass is 9.45. The number of nitrogens with zero attached hydrogens (tertiary/aromatic N) is 2. The maximum absolute atomic E-state index is 10.3. The van der Waals surface area contributed by atoms with Crippen LogP contribution in [0.1, 0.15) is 76.8 Å². The first-order valence-electron chi connectivity index (χ1n) is 12.5. The van der Waals surface area contributed by atoms with Gasteiger partial charge in [-0.1, -0.05) is 44.2 Å². The van der Waals surface area contributed by atoms with E-state index in [0.29, 0.717) is 22.8 Å². The number of rotatable bonds is 1. The number of benzene rings is 1. The Labute approximate surface area is 181 Å². The Morgan fingerprint density at radius 3 is 2.57 bits per heavy atom. The lowest BCUT2D eigenvalue weighted by Gasteiger charge is -2.60. The van der Waals surface area contributed by atoms with E-state index in [9.17, 15) is 5.11 Å². The zero-order valence-electron chi connectivity index (χ0n) is 18.9. The molecule has 6 rings (SSSR count). The molecule has 0 radical (unpaired) electrons. The first-order valence-corrected chi connectivity index (χ1v) is 12.5. The van der Waals surface area contributed by atoms with E-state index in [1.165, 1.54) is 49.8 Å². The molecule has 1 N–H and O–H groups in total. The second-order valence-corrected chi connectivity index (χ2v) is 11.8. The fraction of sp³-hybridized carbons (Fsp3) is 0.741. The summed E-state index contributed by atoms with van der Waals surface area (Å²) in [6, 6.07) is 11.5. The SMILES string of the molecule is CN1N=C2[C@H](C[C@H]3[C@@H]4CC[C@H]5C[C@@H](O)CC[C@]5(C)[C@H]4CC[C@]23C)[C@H]1c1ccccc1. The van der Waals surface area contributed by atoms with E-state index in [1.54, 1.807) is 0 Å². The quantitative estimate of drug-likeness (QED) is 0.653. The standard InChI is InChI=1S/C27H38N2O/c1-26-13-11-19(30)15-18(26)9-10-20-22(26)12-14-27(2)23(20)16-21-24(29(3)28-25(21)27)17-7-5-4-6-8-17/h4-8,18-24,30H,9-16H2,1-3H3/t18-,19-,20+,21+,22-,23-,24+,26-,27-/m0/s1. The van der Waals surface area contributed by atoms with Gasteiger partial charge in [-0.25, -0.2) is 0 Å². The van der Waals surface area contributed by atoms with Crippen LogP contribution in [-0.2, 0) is 0 Å². The molecule has 162 valence electrons. The molecule has 1 aromatic rings. The summed E-state index contributed by atoms with van der Waals surface area (Å²) < 4.78 is 0. The molecule has 5 aliphatic rings. The van der Waals surface area contributed by atoms with Gasteiger partial charge in [0.15, 0.2) is 0 Å². The van der Waals surface area contributed by atoms with Crippen LogP contribution < -0.4 is 0 Å². The van der Waals surface area contributed by atoms with Gasteiger partial charge >= 0.3 is 0 Å². The summed E-state index contributed by atoms with van der Waals surface area (Å²) in [7, 11) is 2.19. The summed E-state index contributed by atoms with van der Waals surface area (Å²) in [5.74, 6) is 3.84. The van der Waals surface area contributed by atoms with E-state index in [4.69, 9.17) is 5.10 Å². The largest absolute Gasteiger partial charge is 0.393 e. The average Bonchev–Trinajstić information content (AvgIpc) is 3.21. The predicted octanol–water partition coefficient (Wildman–Crippen LogP) is 5.66. The van der Waals surface area contributed by atoms with Crippen molar-refractivity contribution in [1.82, 2.24) is 5.01 Å². The third-order valence-electron chi connectivity index (χ3n) is 10.7. The molecule has 1 heterocycles. The van der Waals surface area contributed by atoms with Crippen LogP contribution in [0.25, 0.3) is 0 Å². The molecule has 4 saturated carbocycles. The van der Waals surface area contributed by atoms with Crippen molar-refractivity contribution in [3.63, 3.8) is 0 Å². The molecule has 0 saturated heterocycles. The summed E-state index contributed by atoms with van der Waals surface area (Å²) >= 11 is 0. The van der Waals surface area contributed by atoms with Crippen LogP contribution in [-0.4, -0.2) is 29.0 Å². The maximum Gasteiger partial charge on any atom is 0.0797 e. The Morgan fingerprint density at radius 1 is 0.967 bits per heavy atom. The molecular weight excluding hydrogens is 368 g/mol. The Bertz CT molecular complexity index is 852. The molecule has 0 amide bonds. The van der Waals surface area contributed by atoms with Crippen LogP contribution in [0.4, 0.5) is 0 Å². The first kappa shape index (κ1) is 19.3. The van der Waals surface area contributed by atoms with Crippen LogP contribution in [0.3, 0.4) is 0 Å². The van der Waals surface area contributed by atoms with Gasteiger partial charge in [0.05, 0.1) is 12.1 Å². The highest BCUT2D eigenvalue weighted by Crippen LogP contribution is 2.68. The van der Waals surface area contributed by atoms with Crippen molar-refractivity contribution in [2.24, 2.45) is 45.5 Å². The van der Waals surface area contributed by atoms with Crippen molar-refractivity contribution in [1.29, 1.82) is 0 Å². The van der Waals surface area contributed by atoms with E-state index < -0.39 is 0 Å². The van der Waals surface area contributed by atoms with E-state index >= 15 is 0 Å². The molecule has 1 aromatic carbocycles. The van der Waals surface area contributed by atoms with Crippen molar-refractivity contribution < 1.29 is 5.11 Å². The van der Waals surface area contributed by atoms with Crippen molar-refractivity contribution in [2.75, 3.05) is 7.05 Å². The second-order valence-electron chi connectivity index (χ2n) is 11.8. The van der Waals surface area contributed by atoms with Crippen molar-refractivity contribution in [2.45, 2.75) is 77.4 Å². The Balaban J connectivity index is 1.32. The molecule has 4 fully saturated rings. The number of aliphatic hydroxyl groups excluding tert-OH is 1. The summed E-state index contributed by atoms with van der Waals surface area (Å²) in [4.78, 5) is 0. The summed E-state index contributed by atoms with van der Waals surface area (Å²) in [5, 5.41) is 17.8. The molecule has 0 unspecified atom stereocenters. The number of hydrogen-bond acceptors (Lipinski definition) is 3. The van der Waals surface area contributed by atoms with E-state index in [0.717, 1.165) is 36.5 Å². The van der Waals surface area contributed by atoms with E-state index in [2.05, 4.69) is 56.2 Å². The predicted molar refractivity (Wildman–Crippen MR) is 121 cm³/mol. The zero-order chi connectivity index (χ0) is 20.7. The van der Waals surface area contributed by atoms with E-state index in [1.807, 2.05) is 0 Å². The Kier molecular flexibility index (Phi) is 4.24. The van der Waals surface area contributed by atoms with E-state index in [-0.39, 0.29) is 6.10 Å². The number of hydrazone groups is 1. The van der Waals surface area contributed by atoms with Crippen molar-refractivity contribution in [3.8, 4) is 0 Å². The summed E-state index contributed by atoms with van der Waals surface area (Å²) in [6.07, 6.45) is 9.99. The topological polar surface area (TPSA) is 35.8 Å². The highest BCUT2D eigenvalue weighted by molar-refractivity contribution is 5.96. The minimum absolute atomic E-state index is 0.0455. The van der Waals surface area contributed by atoms with Gasteiger partial charge in [-0.3, -0.25) is 5.01 Å². The normalized spacial score (nSPS) is 49.7. The van der Waals surface area contributed by atoms with Gasteiger partial charge < -0.3 is 5.11 Å². The monoisotopic (exact) mass is 406 g/mol. The van der Waals surface area contributed by atoms with Crippen LogP contribution in [0.2, 0.25) is 0 Å². The van der Waals surface area contributed by atoms with Gasteiger partial charge in [-0.15, -0.1) is 0 Å². The third-order valence-corrected chi connectivity index (χ3v) is 10.7. The lowest BCUT2D eigenvalue weighted by Crippen LogP contribution is -2.54. The van der Waals surface area contributed by atoms with Crippen molar-refractivity contribution in [3.05, 3.63) is 35.9 Å². The van der Waals surface area contributed by atoms with Crippen molar-refractivity contribution >= 4 is 5.71 Å². The number of fused-ring (bicyclic) bond motifs is 7. The van der Waals surface area contributed by atoms with Gasteiger partial charge in [0.2, 0.25) is 0 Å². The van der Waals surface area contributed by atoms with Gasteiger partial charge in [0.1, 0.15) is 0 Å².